The highest BCUT2D eigenvalue weighted by Crippen LogP contribution is 2.27. The van der Waals surface area contributed by atoms with E-state index >= 15 is 0 Å². The lowest BCUT2D eigenvalue weighted by molar-refractivity contribution is 0.0486. The predicted molar refractivity (Wildman–Crippen MR) is 63.9 cm³/mol. The van der Waals surface area contributed by atoms with E-state index in [0.29, 0.717) is 5.92 Å². The van der Waals surface area contributed by atoms with Crippen molar-refractivity contribution in [1.29, 1.82) is 0 Å². The van der Waals surface area contributed by atoms with Crippen molar-refractivity contribution in [2.24, 2.45) is 5.92 Å². The van der Waals surface area contributed by atoms with Gasteiger partial charge < -0.3 is 10.4 Å². The van der Waals surface area contributed by atoms with Crippen LogP contribution in [0.15, 0.2) is 16.6 Å². The van der Waals surface area contributed by atoms with Crippen LogP contribution in [0.5, 0.6) is 0 Å². The number of nitrogens with one attached hydrogen (secondary N) is 1. The lowest BCUT2D eigenvalue weighted by Gasteiger charge is -2.31. The molecule has 2 N–H and O–H groups in total. The van der Waals surface area contributed by atoms with Gasteiger partial charge in [-0.2, -0.15) is 0 Å². The normalized spacial score (nSPS) is 24.7. The molecule has 3 nitrogen and oxygen atoms in total. The summed E-state index contributed by atoms with van der Waals surface area (Å²) in [6.45, 7) is 2.88. The minimum atomic E-state index is -0.0728. The first-order chi connectivity index (χ1) is 7.15. The highest BCUT2D eigenvalue weighted by molar-refractivity contribution is 9.10. The topological polar surface area (TPSA) is 45.2 Å². The molecule has 1 fully saturated rings. The fourth-order valence-corrected chi connectivity index (χ4v) is 1.98. The molecule has 0 aliphatic heterocycles. The third-order valence-electron chi connectivity index (χ3n) is 2.80. The molecule has 0 saturated heterocycles. The van der Waals surface area contributed by atoms with Gasteiger partial charge in [0, 0.05) is 11.0 Å². The first kappa shape index (κ1) is 10.9. The molecule has 1 heterocycles. The number of halogens is 1. The molecule has 0 unspecified atom stereocenters. The Balaban J connectivity index is 1.86. The van der Waals surface area contributed by atoms with Gasteiger partial charge in [-0.3, -0.25) is 0 Å². The number of aromatic nitrogens is 1. The Hall–Kier alpha value is -0.610. The zero-order chi connectivity index (χ0) is 10.8. The maximum atomic E-state index is 9.15. The molecular weight excluding hydrogens is 256 g/mol. The second-order valence-corrected chi connectivity index (χ2v) is 4.99. The summed E-state index contributed by atoms with van der Waals surface area (Å²) in [5.74, 6) is 1.52. The number of aliphatic hydroxyl groups excluding tert-OH is 1. The van der Waals surface area contributed by atoms with E-state index in [4.69, 9.17) is 5.11 Å². The van der Waals surface area contributed by atoms with Crippen LogP contribution in [0.2, 0.25) is 0 Å². The molecule has 1 aromatic heterocycles. The van der Waals surface area contributed by atoms with Crippen molar-refractivity contribution in [3.05, 3.63) is 22.3 Å². The zero-order valence-corrected chi connectivity index (χ0v) is 10.3. The van der Waals surface area contributed by atoms with Crippen LogP contribution >= 0.6 is 15.9 Å². The van der Waals surface area contributed by atoms with E-state index in [1.807, 2.05) is 19.1 Å². The minimum Gasteiger partial charge on any atom is -0.393 e. The SMILES string of the molecule is Cc1nc(NCC2CC(O)C2)ccc1Br. The number of rotatable bonds is 3. The van der Waals surface area contributed by atoms with Gasteiger partial charge in [0.1, 0.15) is 5.82 Å². The smallest absolute Gasteiger partial charge is 0.126 e. The van der Waals surface area contributed by atoms with Gasteiger partial charge in [0.15, 0.2) is 0 Å². The maximum absolute atomic E-state index is 9.15. The van der Waals surface area contributed by atoms with E-state index in [0.717, 1.165) is 35.4 Å². The molecule has 0 amide bonds. The van der Waals surface area contributed by atoms with Crippen molar-refractivity contribution < 1.29 is 5.11 Å². The van der Waals surface area contributed by atoms with Gasteiger partial charge >= 0.3 is 0 Å². The molecule has 1 aliphatic carbocycles. The molecule has 4 heteroatoms. The third kappa shape index (κ3) is 2.69. The van der Waals surface area contributed by atoms with Crippen LogP contribution in [0.3, 0.4) is 0 Å². The quantitative estimate of drug-likeness (QED) is 0.886. The van der Waals surface area contributed by atoms with Crippen molar-refractivity contribution in [3.63, 3.8) is 0 Å². The number of aryl methyl sites for hydroxylation is 1. The molecular formula is C11H15BrN2O. The zero-order valence-electron chi connectivity index (χ0n) is 8.70. The van der Waals surface area contributed by atoms with Gasteiger partial charge in [0.25, 0.3) is 0 Å². The number of hydrogen-bond donors (Lipinski definition) is 2. The van der Waals surface area contributed by atoms with Crippen molar-refractivity contribution in [2.45, 2.75) is 25.9 Å². The van der Waals surface area contributed by atoms with E-state index in [1.54, 1.807) is 0 Å². The van der Waals surface area contributed by atoms with Crippen molar-refractivity contribution >= 4 is 21.7 Å². The fraction of sp³-hybridized carbons (Fsp3) is 0.545. The van der Waals surface area contributed by atoms with Crippen molar-refractivity contribution in [1.82, 2.24) is 4.98 Å². The Labute approximate surface area is 98.0 Å². The number of aliphatic hydroxyl groups is 1. The third-order valence-corrected chi connectivity index (χ3v) is 3.64. The van der Waals surface area contributed by atoms with E-state index in [9.17, 15) is 0 Å². The molecule has 0 atom stereocenters. The average molecular weight is 271 g/mol. The van der Waals surface area contributed by atoms with Gasteiger partial charge in [-0.25, -0.2) is 4.98 Å². The number of pyridine rings is 1. The van der Waals surface area contributed by atoms with Gasteiger partial charge in [-0.1, -0.05) is 0 Å². The Morgan fingerprint density at radius 2 is 2.27 bits per heavy atom. The van der Waals surface area contributed by atoms with E-state index in [2.05, 4.69) is 26.2 Å². The van der Waals surface area contributed by atoms with Gasteiger partial charge in [-0.05, 0) is 53.7 Å². The van der Waals surface area contributed by atoms with Crippen LogP contribution in [0, 0.1) is 12.8 Å². The molecule has 1 aromatic rings. The highest BCUT2D eigenvalue weighted by Gasteiger charge is 2.26. The molecule has 1 aliphatic rings. The molecule has 0 aromatic carbocycles. The predicted octanol–water partition coefficient (Wildman–Crippen LogP) is 2.34. The minimum absolute atomic E-state index is 0.0728. The Bertz CT molecular complexity index is 350. The number of hydrogen-bond acceptors (Lipinski definition) is 3. The Kier molecular flexibility index (Phi) is 3.26. The molecule has 1 saturated carbocycles. The van der Waals surface area contributed by atoms with Gasteiger partial charge in [-0.15, -0.1) is 0 Å². The summed E-state index contributed by atoms with van der Waals surface area (Å²) in [5, 5.41) is 12.4. The van der Waals surface area contributed by atoms with Crippen LogP contribution in [0.1, 0.15) is 18.5 Å². The molecule has 0 bridgehead atoms. The summed E-state index contributed by atoms with van der Waals surface area (Å²) in [7, 11) is 0. The first-order valence-electron chi connectivity index (χ1n) is 5.20. The summed E-state index contributed by atoms with van der Waals surface area (Å²) in [4.78, 5) is 4.40. The number of nitrogens with zero attached hydrogens (tertiary/aromatic N) is 1. The summed E-state index contributed by atoms with van der Waals surface area (Å²) in [5.41, 5.74) is 0.994. The molecule has 82 valence electrons. The first-order valence-corrected chi connectivity index (χ1v) is 5.99. The monoisotopic (exact) mass is 270 g/mol. The molecule has 0 radical (unpaired) electrons. The number of anilines is 1. The van der Waals surface area contributed by atoms with Crippen LogP contribution in [-0.4, -0.2) is 22.7 Å². The second-order valence-electron chi connectivity index (χ2n) is 4.14. The highest BCUT2D eigenvalue weighted by atomic mass is 79.9. The van der Waals surface area contributed by atoms with Crippen LogP contribution in [0.4, 0.5) is 5.82 Å². The maximum Gasteiger partial charge on any atom is 0.126 e. The van der Waals surface area contributed by atoms with Crippen LogP contribution in [-0.2, 0) is 0 Å². The largest absolute Gasteiger partial charge is 0.393 e. The summed E-state index contributed by atoms with van der Waals surface area (Å²) < 4.78 is 1.03. The summed E-state index contributed by atoms with van der Waals surface area (Å²) in [6, 6.07) is 3.96. The van der Waals surface area contributed by atoms with E-state index in [-0.39, 0.29) is 6.10 Å². The summed E-state index contributed by atoms with van der Waals surface area (Å²) in [6.07, 6.45) is 1.77. The van der Waals surface area contributed by atoms with Crippen molar-refractivity contribution in [3.8, 4) is 0 Å². The Morgan fingerprint density at radius 3 is 2.87 bits per heavy atom. The van der Waals surface area contributed by atoms with E-state index < -0.39 is 0 Å². The van der Waals surface area contributed by atoms with Gasteiger partial charge in [0.2, 0.25) is 0 Å². The summed E-state index contributed by atoms with van der Waals surface area (Å²) >= 11 is 3.42. The van der Waals surface area contributed by atoms with E-state index in [1.165, 1.54) is 0 Å². The lowest BCUT2D eigenvalue weighted by atomic mass is 9.82. The lowest BCUT2D eigenvalue weighted by Crippen LogP contribution is -2.33. The van der Waals surface area contributed by atoms with Gasteiger partial charge in [0.05, 0.1) is 11.8 Å². The fourth-order valence-electron chi connectivity index (χ4n) is 1.76. The second kappa shape index (κ2) is 4.49. The Morgan fingerprint density at radius 1 is 1.53 bits per heavy atom. The van der Waals surface area contributed by atoms with Crippen molar-refractivity contribution in [2.75, 3.05) is 11.9 Å². The molecule has 15 heavy (non-hydrogen) atoms. The van der Waals surface area contributed by atoms with Crippen LogP contribution < -0.4 is 5.32 Å². The average Bonchev–Trinajstić information content (AvgIpc) is 2.16. The molecule has 0 spiro atoms. The van der Waals surface area contributed by atoms with Crippen LogP contribution in [0.25, 0.3) is 0 Å². The molecule has 2 rings (SSSR count). The standard InChI is InChI=1S/C11H15BrN2O/c1-7-10(12)2-3-11(14-7)13-6-8-4-9(15)5-8/h2-3,8-9,15H,4-6H2,1H3,(H,13,14).